The summed E-state index contributed by atoms with van der Waals surface area (Å²) in [6.07, 6.45) is -7.74. The van der Waals surface area contributed by atoms with Gasteiger partial charge < -0.3 is 15.4 Å². The molecule has 1 atom stereocenters. The molecule has 2 aromatic heterocycles. The van der Waals surface area contributed by atoms with Gasteiger partial charge in [0.2, 0.25) is 0 Å². The second-order valence-electron chi connectivity index (χ2n) is 14.2. The van der Waals surface area contributed by atoms with Gasteiger partial charge in [0, 0.05) is 31.6 Å². The number of allylic oxidation sites excluding steroid dienone is 1. The van der Waals surface area contributed by atoms with E-state index in [1.165, 1.54) is 35.0 Å². The number of benzene rings is 1. The van der Waals surface area contributed by atoms with Crippen LogP contribution in [0.4, 0.5) is 61.5 Å². The maximum Gasteiger partial charge on any atom is 0.460 e. The van der Waals surface area contributed by atoms with Gasteiger partial charge in [-0.3, -0.25) is 14.4 Å². The third-order valence-corrected chi connectivity index (χ3v) is 9.98. The highest BCUT2D eigenvalue weighted by Gasteiger charge is 2.90. The number of carbonyl (C=O) groups excluding carboxylic acids is 3. The molecule has 24 heteroatoms. The number of nitrogens with one attached hydrogen (secondary N) is 2. The number of halogens is 15. The molecule has 332 valence electrons. The largest absolute Gasteiger partial charge is 0.465 e. The Hall–Kier alpha value is -4.70. The van der Waals surface area contributed by atoms with E-state index in [2.05, 4.69) is 20.7 Å². The number of unbranched alkanes of at least 4 members (excludes halogenated alkanes) is 3. The number of carbonyl (C=O) groups is 3. The number of alkyl halides is 13. The third-order valence-electron chi connectivity index (χ3n) is 9.69. The van der Waals surface area contributed by atoms with Crippen molar-refractivity contribution in [3.63, 3.8) is 0 Å². The summed E-state index contributed by atoms with van der Waals surface area (Å²) in [6, 6.07) is 6.60. The molecular weight excluding hydrogens is 868 g/mol. The number of aromatic nitrogens is 3. The molecule has 1 aliphatic carbocycles. The van der Waals surface area contributed by atoms with Gasteiger partial charge in [-0.25, -0.2) is 13.9 Å². The molecule has 0 saturated carbocycles. The van der Waals surface area contributed by atoms with E-state index in [9.17, 15) is 75.8 Å². The minimum Gasteiger partial charge on any atom is -0.465 e. The molecule has 60 heavy (non-hydrogen) atoms. The summed E-state index contributed by atoms with van der Waals surface area (Å²) in [5, 5.41) is 9.27. The monoisotopic (exact) mass is 901 g/mol. The highest BCUT2D eigenvalue weighted by Crippen LogP contribution is 2.60. The molecule has 0 spiro atoms. The summed E-state index contributed by atoms with van der Waals surface area (Å²) in [5.41, 5.74) is 0.219. The van der Waals surface area contributed by atoms with Crippen LogP contribution in [0.15, 0.2) is 48.2 Å². The van der Waals surface area contributed by atoms with Gasteiger partial charge in [0.15, 0.2) is 5.65 Å². The van der Waals surface area contributed by atoms with Crippen LogP contribution in [-0.2, 0) is 16.1 Å². The lowest BCUT2D eigenvalue weighted by Crippen LogP contribution is -2.70. The fourth-order valence-electron chi connectivity index (χ4n) is 5.85. The van der Waals surface area contributed by atoms with E-state index >= 15 is 0 Å². The number of fused-ring (bicyclic) bond motifs is 1. The van der Waals surface area contributed by atoms with Crippen molar-refractivity contribution in [2.24, 2.45) is 5.41 Å². The summed E-state index contributed by atoms with van der Waals surface area (Å²) in [4.78, 5) is 43.2. The van der Waals surface area contributed by atoms with Crippen molar-refractivity contribution in [1.29, 1.82) is 0 Å². The number of hydrogen-bond donors (Lipinski definition) is 2. The number of ether oxygens (including phenoxy) is 1. The van der Waals surface area contributed by atoms with Crippen molar-refractivity contribution in [2.75, 3.05) is 13.2 Å². The summed E-state index contributed by atoms with van der Waals surface area (Å²) in [7, 11) is 0. The Kier molecular flexibility index (Phi) is 14.2. The maximum atomic E-state index is 14.0. The van der Waals surface area contributed by atoms with Gasteiger partial charge in [0.25, 0.3) is 11.8 Å². The van der Waals surface area contributed by atoms with Crippen molar-refractivity contribution in [3.8, 4) is 0 Å². The van der Waals surface area contributed by atoms with Crippen LogP contribution in [0.5, 0.6) is 0 Å². The molecule has 1 unspecified atom stereocenters. The smallest absolute Gasteiger partial charge is 0.460 e. The molecule has 1 aliphatic rings. The zero-order valence-corrected chi connectivity index (χ0v) is 31.7. The van der Waals surface area contributed by atoms with Crippen LogP contribution in [0.2, 0.25) is 5.02 Å². The molecular formula is C36H34ClF14N5O4. The van der Waals surface area contributed by atoms with E-state index in [1.807, 2.05) is 0 Å². The van der Waals surface area contributed by atoms with Crippen LogP contribution < -0.4 is 10.6 Å². The van der Waals surface area contributed by atoms with Crippen molar-refractivity contribution in [1.82, 2.24) is 25.2 Å². The van der Waals surface area contributed by atoms with Gasteiger partial charge in [-0.2, -0.15) is 62.2 Å². The Labute approximate surface area is 335 Å². The summed E-state index contributed by atoms with van der Waals surface area (Å²) in [5.74, 6) is -39.6. The summed E-state index contributed by atoms with van der Waals surface area (Å²) >= 11 is 5.79. The van der Waals surface area contributed by atoms with Gasteiger partial charge in [0.1, 0.15) is 17.2 Å². The molecule has 0 bridgehead atoms. The predicted octanol–water partition coefficient (Wildman–Crippen LogP) is 9.53. The van der Waals surface area contributed by atoms with Crippen LogP contribution in [0.25, 0.3) is 5.65 Å². The van der Waals surface area contributed by atoms with E-state index in [1.54, 1.807) is 13.0 Å². The van der Waals surface area contributed by atoms with Crippen LogP contribution >= 0.6 is 11.6 Å². The van der Waals surface area contributed by atoms with E-state index in [0.29, 0.717) is 12.0 Å². The zero-order valence-electron chi connectivity index (χ0n) is 31.0. The average molecular weight is 902 g/mol. The van der Waals surface area contributed by atoms with Crippen LogP contribution in [0.3, 0.4) is 0 Å². The minimum absolute atomic E-state index is 0.0231. The molecule has 0 fully saturated rings. The number of esters is 1. The number of hydrogen-bond acceptors (Lipinski definition) is 6. The fourth-order valence-corrected chi connectivity index (χ4v) is 6.06. The first-order valence-electron chi connectivity index (χ1n) is 17.8. The molecule has 2 amide bonds. The fraction of sp³-hybridized carbons (Fsp3) is 0.528. The van der Waals surface area contributed by atoms with Crippen LogP contribution in [-0.4, -0.2) is 81.3 Å². The second-order valence-corrected chi connectivity index (χ2v) is 14.6. The van der Waals surface area contributed by atoms with Gasteiger partial charge in [0.05, 0.1) is 23.2 Å². The van der Waals surface area contributed by atoms with Gasteiger partial charge >= 0.3 is 41.8 Å². The van der Waals surface area contributed by atoms with Crippen molar-refractivity contribution in [2.45, 2.75) is 101 Å². The standard InChI is InChI=1S/C36H34ClF14N5O4/c1-30(29(59)60-15-5-3-2-4-11-31(39,40)32(41,42)33(43,44)34(45,46)35(47,48)36(49,50)51)12-8-20(9-13-30)18-53-28(58)25-17-24(55-26-10-14-54-56(25)26)27(57)52-19-21-6-7-23(38)22(37)16-21/h6-8,10,14,16-17H,2-5,9,11-13,15,18-19H2,1H3,(H,52,57)(H,53,58). The molecule has 1 aromatic carbocycles. The molecule has 2 N–H and O–H groups in total. The van der Waals surface area contributed by atoms with E-state index < -0.39 is 84.1 Å². The first-order valence-corrected chi connectivity index (χ1v) is 18.1. The molecule has 3 aromatic rings. The lowest BCUT2D eigenvalue weighted by Gasteiger charge is -2.39. The zero-order chi connectivity index (χ0) is 45.1. The highest BCUT2D eigenvalue weighted by molar-refractivity contribution is 6.30. The Morgan fingerprint density at radius 2 is 1.45 bits per heavy atom. The van der Waals surface area contributed by atoms with E-state index in [0.717, 1.165) is 11.6 Å². The van der Waals surface area contributed by atoms with Crippen molar-refractivity contribution < 1.29 is 80.6 Å². The normalized spacial score (nSPS) is 17.0. The Balaban J connectivity index is 1.22. The Bertz CT molecular complexity index is 2090. The van der Waals surface area contributed by atoms with Crippen LogP contribution in [0.1, 0.15) is 84.8 Å². The summed E-state index contributed by atoms with van der Waals surface area (Å²) < 4.78 is 193. The SMILES string of the molecule is CC1(C(=O)OCCCCCCC(F)(F)C(F)(F)C(F)(F)C(F)(F)C(F)(F)C(F)(F)F)CC=C(CNC(=O)c2cc(C(=O)NCc3ccc(F)c(Cl)c3)nc3ccnn23)CC1. The molecule has 0 saturated heterocycles. The van der Waals surface area contributed by atoms with Crippen molar-refractivity contribution in [3.05, 3.63) is 76.0 Å². The third kappa shape index (κ3) is 9.75. The van der Waals surface area contributed by atoms with Crippen molar-refractivity contribution >= 4 is 35.0 Å². The minimum atomic E-state index is -7.94. The molecule has 4 rings (SSSR count). The number of nitrogens with zero attached hydrogens (tertiary/aromatic N) is 3. The Morgan fingerprint density at radius 1 is 0.817 bits per heavy atom. The molecule has 9 nitrogen and oxygen atoms in total. The van der Waals surface area contributed by atoms with Gasteiger partial charge in [-0.1, -0.05) is 42.2 Å². The van der Waals surface area contributed by atoms with Crippen LogP contribution in [0, 0.1) is 11.2 Å². The van der Waals surface area contributed by atoms with Gasteiger partial charge in [-0.05, 0) is 56.7 Å². The van der Waals surface area contributed by atoms with E-state index in [-0.39, 0.29) is 67.4 Å². The molecule has 0 radical (unpaired) electrons. The highest BCUT2D eigenvalue weighted by atomic mass is 35.5. The number of rotatable bonds is 18. The second kappa shape index (κ2) is 17.7. The van der Waals surface area contributed by atoms with E-state index in [4.69, 9.17) is 16.3 Å². The topological polar surface area (TPSA) is 115 Å². The molecule has 0 aliphatic heterocycles. The first kappa shape index (κ1) is 48.0. The lowest BCUT2D eigenvalue weighted by molar-refractivity contribution is -0.440. The molecule has 2 heterocycles. The maximum absolute atomic E-state index is 14.0. The predicted molar refractivity (Wildman–Crippen MR) is 183 cm³/mol. The quantitative estimate of drug-likeness (QED) is 0.0569. The first-order chi connectivity index (χ1) is 27.6. The lowest BCUT2D eigenvalue weighted by atomic mass is 9.76. The summed E-state index contributed by atoms with van der Waals surface area (Å²) in [6.45, 7) is 1.27. The average Bonchev–Trinajstić information content (AvgIpc) is 3.65. The Morgan fingerprint density at radius 3 is 2.07 bits per heavy atom. The van der Waals surface area contributed by atoms with Gasteiger partial charge in [-0.15, -0.1) is 0 Å². The number of amides is 2.